The average molecular weight is 395 g/mol. The number of nitrogens with one attached hydrogen (secondary N) is 2. The maximum Gasteiger partial charge on any atom is 0.248 e. The molecule has 0 saturated carbocycles. The first-order valence-corrected chi connectivity index (χ1v) is 9.12. The Morgan fingerprint density at radius 2 is 2.18 bits per heavy atom. The van der Waals surface area contributed by atoms with Crippen molar-refractivity contribution in [2.24, 2.45) is 0 Å². The molecule has 0 spiro atoms. The van der Waals surface area contributed by atoms with E-state index in [1.807, 2.05) is 16.8 Å². The summed E-state index contributed by atoms with van der Waals surface area (Å²) in [7, 11) is 0. The number of fused-ring (bicyclic) bond motifs is 1. The lowest BCUT2D eigenvalue weighted by atomic mass is 10.3. The number of carbonyl (C=O) groups is 1. The molecule has 1 amide bonds. The number of amides is 1. The van der Waals surface area contributed by atoms with Crippen molar-refractivity contribution in [1.29, 1.82) is 0 Å². The Bertz CT molecular complexity index is 1160. The normalized spacial score (nSPS) is 10.6. The van der Waals surface area contributed by atoms with E-state index in [2.05, 4.69) is 27.3 Å². The second-order valence-corrected chi connectivity index (χ2v) is 6.44. The van der Waals surface area contributed by atoms with Gasteiger partial charge in [-0.05, 0) is 41.8 Å². The summed E-state index contributed by atoms with van der Waals surface area (Å²) in [6, 6.07) is 9.44. The SMILES string of the molecule is C=CC(=O)Nc1ccc(F)c(Oc2nc(Nc3ccsc3)nn3cccc23)c1. The van der Waals surface area contributed by atoms with Crippen LogP contribution < -0.4 is 15.4 Å². The van der Waals surface area contributed by atoms with Crippen LogP contribution in [0.15, 0.2) is 66.0 Å². The van der Waals surface area contributed by atoms with E-state index >= 15 is 0 Å². The number of aromatic nitrogens is 3. The van der Waals surface area contributed by atoms with Crippen molar-refractivity contribution in [3.63, 3.8) is 0 Å². The predicted molar refractivity (Wildman–Crippen MR) is 106 cm³/mol. The van der Waals surface area contributed by atoms with Crippen LogP contribution in [0.4, 0.5) is 21.7 Å². The van der Waals surface area contributed by atoms with Gasteiger partial charge < -0.3 is 15.4 Å². The molecule has 0 fully saturated rings. The molecule has 7 nitrogen and oxygen atoms in total. The molecule has 3 heterocycles. The summed E-state index contributed by atoms with van der Waals surface area (Å²) in [5.74, 6) is -0.606. The van der Waals surface area contributed by atoms with Gasteiger partial charge in [0.15, 0.2) is 11.6 Å². The number of halogens is 1. The summed E-state index contributed by atoms with van der Waals surface area (Å²) in [4.78, 5) is 15.8. The lowest BCUT2D eigenvalue weighted by Gasteiger charge is -2.11. The van der Waals surface area contributed by atoms with Crippen LogP contribution in [0.25, 0.3) is 5.52 Å². The van der Waals surface area contributed by atoms with Crippen LogP contribution in [0.5, 0.6) is 11.6 Å². The highest BCUT2D eigenvalue weighted by Gasteiger charge is 2.14. The van der Waals surface area contributed by atoms with E-state index in [1.54, 1.807) is 22.8 Å². The van der Waals surface area contributed by atoms with Crippen LogP contribution >= 0.6 is 11.3 Å². The summed E-state index contributed by atoms with van der Waals surface area (Å²) in [5, 5.41) is 13.8. The fourth-order valence-electron chi connectivity index (χ4n) is 2.46. The van der Waals surface area contributed by atoms with Crippen LogP contribution in [0.1, 0.15) is 0 Å². The molecular formula is C19H14FN5O2S. The lowest BCUT2D eigenvalue weighted by molar-refractivity contribution is -0.111. The Labute approximate surface area is 163 Å². The second-order valence-electron chi connectivity index (χ2n) is 5.66. The smallest absolute Gasteiger partial charge is 0.248 e. The minimum Gasteiger partial charge on any atom is -0.434 e. The molecule has 0 unspecified atom stereocenters. The van der Waals surface area contributed by atoms with Crippen molar-refractivity contribution < 1.29 is 13.9 Å². The molecule has 0 saturated heterocycles. The van der Waals surface area contributed by atoms with Gasteiger partial charge in [-0.2, -0.15) is 16.3 Å². The molecule has 140 valence electrons. The quantitative estimate of drug-likeness (QED) is 0.467. The monoisotopic (exact) mass is 395 g/mol. The zero-order valence-electron chi connectivity index (χ0n) is 14.4. The molecule has 0 aliphatic carbocycles. The molecule has 4 aromatic rings. The Hall–Kier alpha value is -3.72. The van der Waals surface area contributed by atoms with Crippen molar-refractivity contribution in [1.82, 2.24) is 14.6 Å². The fraction of sp³-hybridized carbons (Fsp3) is 0. The molecule has 3 aromatic heterocycles. The number of hydrogen-bond donors (Lipinski definition) is 2. The largest absolute Gasteiger partial charge is 0.434 e. The fourth-order valence-corrected chi connectivity index (χ4v) is 3.04. The third kappa shape index (κ3) is 3.69. The first-order chi connectivity index (χ1) is 13.6. The van der Waals surface area contributed by atoms with Crippen LogP contribution in [0.3, 0.4) is 0 Å². The van der Waals surface area contributed by atoms with E-state index in [9.17, 15) is 9.18 Å². The summed E-state index contributed by atoms with van der Waals surface area (Å²) >= 11 is 1.53. The van der Waals surface area contributed by atoms with Gasteiger partial charge in [-0.1, -0.05) is 6.58 Å². The molecule has 0 aliphatic rings. The highest BCUT2D eigenvalue weighted by Crippen LogP contribution is 2.30. The highest BCUT2D eigenvalue weighted by molar-refractivity contribution is 7.08. The third-order valence-corrected chi connectivity index (χ3v) is 4.41. The van der Waals surface area contributed by atoms with Gasteiger partial charge in [-0.15, -0.1) is 5.10 Å². The number of carbonyl (C=O) groups excluding carboxylic acids is 1. The maximum absolute atomic E-state index is 14.3. The van der Waals surface area contributed by atoms with Crippen molar-refractivity contribution in [3.05, 3.63) is 71.8 Å². The van der Waals surface area contributed by atoms with Crippen molar-refractivity contribution in [2.75, 3.05) is 10.6 Å². The minimum atomic E-state index is -0.590. The van der Waals surface area contributed by atoms with Gasteiger partial charge in [-0.3, -0.25) is 4.79 Å². The summed E-state index contributed by atoms with van der Waals surface area (Å²) in [6.45, 7) is 3.39. The van der Waals surface area contributed by atoms with Crippen molar-refractivity contribution in [3.8, 4) is 11.6 Å². The third-order valence-electron chi connectivity index (χ3n) is 3.73. The molecule has 9 heteroatoms. The Morgan fingerprint density at radius 3 is 2.96 bits per heavy atom. The van der Waals surface area contributed by atoms with Gasteiger partial charge in [0.05, 0.1) is 5.69 Å². The molecule has 4 rings (SSSR count). The molecule has 1 aromatic carbocycles. The van der Waals surface area contributed by atoms with Crippen LogP contribution in [0, 0.1) is 5.82 Å². The van der Waals surface area contributed by atoms with E-state index in [-0.39, 0.29) is 11.6 Å². The van der Waals surface area contributed by atoms with Gasteiger partial charge in [0.2, 0.25) is 17.7 Å². The van der Waals surface area contributed by atoms with Gasteiger partial charge in [0.25, 0.3) is 0 Å². The average Bonchev–Trinajstić information content (AvgIpc) is 3.36. The van der Waals surface area contributed by atoms with Gasteiger partial charge in [-0.25, -0.2) is 8.91 Å². The molecule has 0 atom stereocenters. The topological polar surface area (TPSA) is 80.5 Å². The number of ether oxygens (including phenoxy) is 1. The number of thiophene rings is 1. The lowest BCUT2D eigenvalue weighted by Crippen LogP contribution is -2.07. The van der Waals surface area contributed by atoms with Gasteiger partial charge >= 0.3 is 0 Å². The Balaban J connectivity index is 1.69. The second kappa shape index (κ2) is 7.49. The first-order valence-electron chi connectivity index (χ1n) is 8.18. The van der Waals surface area contributed by atoms with Crippen molar-refractivity contribution in [2.45, 2.75) is 0 Å². The minimum absolute atomic E-state index is 0.0786. The Kier molecular flexibility index (Phi) is 4.73. The van der Waals surface area contributed by atoms with Crippen LogP contribution in [-0.2, 0) is 4.79 Å². The van der Waals surface area contributed by atoms with E-state index in [1.165, 1.54) is 29.5 Å². The van der Waals surface area contributed by atoms with Gasteiger partial charge in [0, 0.05) is 23.3 Å². The number of hydrogen-bond acceptors (Lipinski definition) is 6. The standard InChI is InChI=1S/C19H14FN5O2S/c1-2-17(26)21-12-5-6-14(20)16(10-12)27-18-15-4-3-8-25(15)24-19(23-18)22-13-7-9-28-11-13/h2-11H,1H2,(H,21,26)(H,22,24). The van der Waals surface area contributed by atoms with E-state index in [4.69, 9.17) is 4.74 Å². The molecule has 28 heavy (non-hydrogen) atoms. The number of anilines is 3. The van der Waals surface area contributed by atoms with Gasteiger partial charge in [0.1, 0.15) is 5.52 Å². The van der Waals surface area contributed by atoms with Crippen molar-refractivity contribution >= 4 is 40.1 Å². The highest BCUT2D eigenvalue weighted by atomic mass is 32.1. The molecular weight excluding hydrogens is 381 g/mol. The number of rotatable bonds is 6. The zero-order chi connectivity index (χ0) is 19.5. The predicted octanol–water partition coefficient (Wildman–Crippen LogP) is 4.59. The number of nitrogens with zero attached hydrogens (tertiary/aromatic N) is 3. The molecule has 0 bridgehead atoms. The summed E-state index contributed by atoms with van der Waals surface area (Å²) < 4.78 is 21.6. The first kappa shape index (κ1) is 17.7. The Morgan fingerprint density at radius 1 is 1.29 bits per heavy atom. The van der Waals surface area contributed by atoms with Crippen LogP contribution in [0.2, 0.25) is 0 Å². The molecule has 0 aliphatic heterocycles. The summed E-state index contributed by atoms with van der Waals surface area (Å²) in [5.41, 5.74) is 1.77. The maximum atomic E-state index is 14.3. The molecule has 2 N–H and O–H groups in total. The van der Waals surface area contributed by atoms with E-state index < -0.39 is 11.7 Å². The molecule has 0 radical (unpaired) electrons. The zero-order valence-corrected chi connectivity index (χ0v) is 15.2. The number of benzene rings is 1. The van der Waals surface area contributed by atoms with Crippen LogP contribution in [-0.4, -0.2) is 20.5 Å². The summed E-state index contributed by atoms with van der Waals surface area (Å²) in [6.07, 6.45) is 2.86. The van der Waals surface area contributed by atoms with E-state index in [0.717, 1.165) is 11.8 Å². The van der Waals surface area contributed by atoms with E-state index in [0.29, 0.717) is 17.2 Å².